The molecule has 0 atom stereocenters. The van der Waals surface area contributed by atoms with Crippen LogP contribution in [0.25, 0.3) is 0 Å². The van der Waals surface area contributed by atoms with Crippen molar-refractivity contribution in [2.24, 2.45) is 0 Å². The summed E-state index contributed by atoms with van der Waals surface area (Å²) >= 11 is 0. The van der Waals surface area contributed by atoms with Crippen molar-refractivity contribution >= 4 is 21.4 Å². The number of nitrogens with one attached hydrogen (secondary N) is 1. The Morgan fingerprint density at radius 3 is 2.39 bits per heavy atom. The van der Waals surface area contributed by atoms with Gasteiger partial charge in [0, 0.05) is 18.5 Å². The smallest absolute Gasteiger partial charge is 0.241 e. The Labute approximate surface area is 107 Å². The van der Waals surface area contributed by atoms with Crippen molar-refractivity contribution in [2.45, 2.75) is 25.1 Å². The van der Waals surface area contributed by atoms with E-state index in [2.05, 4.69) is 5.32 Å². The molecule has 0 aliphatic carbocycles. The van der Waals surface area contributed by atoms with E-state index in [1.807, 2.05) is 0 Å². The highest BCUT2D eigenvalue weighted by Gasteiger charge is 2.38. The van der Waals surface area contributed by atoms with Crippen molar-refractivity contribution in [2.75, 3.05) is 12.0 Å². The molecule has 0 radical (unpaired) electrons. The summed E-state index contributed by atoms with van der Waals surface area (Å²) in [6.07, 6.45) is 1.05. The number of carbonyl (C=O) groups is 1. The van der Waals surface area contributed by atoms with E-state index in [-0.39, 0.29) is 6.54 Å². The Kier molecular flexibility index (Phi) is 4.01. The van der Waals surface area contributed by atoms with Gasteiger partial charge >= 0.3 is 0 Å². The normalized spacial score (nSPS) is 12.2. The molecular weight excluding hydrogens is 252 g/mol. The highest BCUT2D eigenvalue weighted by atomic mass is 32.2. The second kappa shape index (κ2) is 4.97. The minimum atomic E-state index is -3.46. The average Bonchev–Trinajstić information content (AvgIpc) is 2.26. The lowest BCUT2D eigenvalue weighted by Gasteiger charge is -2.21. The van der Waals surface area contributed by atoms with E-state index in [4.69, 9.17) is 5.73 Å². The Balaban J connectivity index is 2.77. The molecule has 0 bridgehead atoms. The van der Waals surface area contributed by atoms with Crippen LogP contribution in [0.1, 0.15) is 19.4 Å². The lowest BCUT2D eigenvalue weighted by Crippen LogP contribution is -2.47. The number of amides is 1. The third-order valence-electron chi connectivity index (χ3n) is 2.97. The van der Waals surface area contributed by atoms with E-state index in [0.717, 1.165) is 11.8 Å². The molecule has 18 heavy (non-hydrogen) atoms. The number of carbonyl (C=O) groups excluding carboxylic acids is 1. The van der Waals surface area contributed by atoms with Crippen LogP contribution < -0.4 is 11.1 Å². The monoisotopic (exact) mass is 270 g/mol. The number of para-hydroxylation sites is 1. The molecule has 0 aliphatic rings. The number of rotatable bonds is 4. The third kappa shape index (κ3) is 3.01. The largest absolute Gasteiger partial charge is 0.398 e. The van der Waals surface area contributed by atoms with Crippen molar-refractivity contribution in [1.82, 2.24) is 5.32 Å². The quantitative estimate of drug-likeness (QED) is 0.788. The van der Waals surface area contributed by atoms with Crippen molar-refractivity contribution in [3.05, 3.63) is 29.8 Å². The van der Waals surface area contributed by atoms with Gasteiger partial charge in [-0.25, -0.2) is 8.42 Å². The van der Waals surface area contributed by atoms with Gasteiger partial charge in [0.25, 0.3) is 0 Å². The number of anilines is 1. The summed E-state index contributed by atoms with van der Waals surface area (Å²) in [5.41, 5.74) is 7.06. The first-order valence-electron chi connectivity index (χ1n) is 5.47. The van der Waals surface area contributed by atoms with Crippen LogP contribution in [0.5, 0.6) is 0 Å². The predicted octanol–water partition coefficient (Wildman–Crippen LogP) is 0.708. The first-order chi connectivity index (χ1) is 8.16. The van der Waals surface area contributed by atoms with Crippen LogP contribution in [0.4, 0.5) is 5.69 Å². The molecular formula is C12H18N2O3S. The van der Waals surface area contributed by atoms with Crippen LogP contribution in [0, 0.1) is 0 Å². The van der Waals surface area contributed by atoms with Gasteiger partial charge in [-0.2, -0.15) is 0 Å². The highest BCUT2D eigenvalue weighted by molar-refractivity contribution is 7.92. The molecule has 0 aromatic heterocycles. The lowest BCUT2D eigenvalue weighted by atomic mass is 10.1. The van der Waals surface area contributed by atoms with Crippen molar-refractivity contribution < 1.29 is 13.2 Å². The molecule has 0 spiro atoms. The molecule has 100 valence electrons. The molecule has 0 fully saturated rings. The second-order valence-corrected chi connectivity index (χ2v) is 7.23. The molecule has 6 heteroatoms. The topological polar surface area (TPSA) is 89.3 Å². The van der Waals surface area contributed by atoms with Gasteiger partial charge in [0.1, 0.15) is 4.75 Å². The van der Waals surface area contributed by atoms with E-state index in [0.29, 0.717) is 5.69 Å². The third-order valence-corrected chi connectivity index (χ3v) is 5.01. The Bertz CT molecular complexity index is 550. The molecule has 1 aromatic rings. The van der Waals surface area contributed by atoms with E-state index >= 15 is 0 Å². The second-order valence-electron chi connectivity index (χ2n) is 4.66. The van der Waals surface area contributed by atoms with E-state index in [1.165, 1.54) is 13.8 Å². The molecule has 1 aromatic carbocycles. The highest BCUT2D eigenvalue weighted by Crippen LogP contribution is 2.16. The van der Waals surface area contributed by atoms with Crippen LogP contribution in [-0.2, 0) is 21.2 Å². The molecule has 0 heterocycles. The van der Waals surface area contributed by atoms with Gasteiger partial charge in [-0.15, -0.1) is 0 Å². The van der Waals surface area contributed by atoms with E-state index in [1.54, 1.807) is 24.3 Å². The van der Waals surface area contributed by atoms with Gasteiger partial charge in [-0.1, -0.05) is 18.2 Å². The molecule has 0 saturated heterocycles. The van der Waals surface area contributed by atoms with E-state index < -0.39 is 20.5 Å². The molecule has 0 saturated carbocycles. The SMILES string of the molecule is CC(C)(C(=O)NCc1ccccc1N)S(C)(=O)=O. The maximum absolute atomic E-state index is 11.9. The number of hydrogen-bond donors (Lipinski definition) is 2. The van der Waals surface area contributed by atoms with Crippen molar-refractivity contribution in [3.8, 4) is 0 Å². The van der Waals surface area contributed by atoms with Crippen molar-refractivity contribution in [3.63, 3.8) is 0 Å². The number of benzene rings is 1. The number of hydrogen-bond acceptors (Lipinski definition) is 4. The Hall–Kier alpha value is -1.56. The van der Waals surface area contributed by atoms with Crippen LogP contribution >= 0.6 is 0 Å². The maximum Gasteiger partial charge on any atom is 0.241 e. The maximum atomic E-state index is 11.9. The van der Waals surface area contributed by atoms with Crippen LogP contribution in [-0.4, -0.2) is 25.3 Å². The molecule has 0 unspecified atom stereocenters. The fourth-order valence-corrected chi connectivity index (χ4v) is 1.66. The predicted molar refractivity (Wildman–Crippen MR) is 71.6 cm³/mol. The minimum Gasteiger partial charge on any atom is -0.398 e. The Morgan fingerprint density at radius 2 is 1.89 bits per heavy atom. The van der Waals surface area contributed by atoms with Gasteiger partial charge in [-0.3, -0.25) is 4.79 Å². The summed E-state index contributed by atoms with van der Waals surface area (Å²) < 4.78 is 21.5. The minimum absolute atomic E-state index is 0.213. The zero-order chi connectivity index (χ0) is 14.0. The number of nitrogen functional groups attached to an aromatic ring is 1. The molecule has 1 amide bonds. The molecule has 1 rings (SSSR count). The van der Waals surface area contributed by atoms with Crippen LogP contribution in [0.15, 0.2) is 24.3 Å². The van der Waals surface area contributed by atoms with Gasteiger partial charge in [0.05, 0.1) is 0 Å². The van der Waals surface area contributed by atoms with Crippen LogP contribution in [0.2, 0.25) is 0 Å². The summed E-state index contributed by atoms with van der Waals surface area (Å²) in [6, 6.07) is 7.10. The summed E-state index contributed by atoms with van der Waals surface area (Å²) in [5.74, 6) is -0.534. The lowest BCUT2D eigenvalue weighted by molar-refractivity contribution is -0.123. The van der Waals surface area contributed by atoms with Gasteiger partial charge < -0.3 is 11.1 Å². The molecule has 0 aliphatic heterocycles. The van der Waals surface area contributed by atoms with Crippen LogP contribution in [0.3, 0.4) is 0 Å². The number of nitrogens with two attached hydrogens (primary N) is 1. The van der Waals surface area contributed by atoms with E-state index in [9.17, 15) is 13.2 Å². The van der Waals surface area contributed by atoms with Gasteiger partial charge in [-0.05, 0) is 25.5 Å². The summed E-state index contributed by atoms with van der Waals surface area (Å²) in [5, 5.41) is 2.59. The summed E-state index contributed by atoms with van der Waals surface area (Å²) in [4.78, 5) is 11.9. The fourth-order valence-electron chi connectivity index (χ4n) is 1.25. The first-order valence-corrected chi connectivity index (χ1v) is 7.36. The first kappa shape index (κ1) is 14.5. The zero-order valence-electron chi connectivity index (χ0n) is 10.7. The molecule has 3 N–H and O–H groups in total. The number of sulfone groups is 1. The zero-order valence-corrected chi connectivity index (χ0v) is 11.5. The Morgan fingerprint density at radius 1 is 1.33 bits per heavy atom. The molecule has 5 nitrogen and oxygen atoms in total. The van der Waals surface area contributed by atoms with Gasteiger partial charge in [0.15, 0.2) is 9.84 Å². The fraction of sp³-hybridized carbons (Fsp3) is 0.417. The summed E-state index contributed by atoms with van der Waals surface area (Å²) in [6.45, 7) is 2.97. The average molecular weight is 270 g/mol. The van der Waals surface area contributed by atoms with Crippen molar-refractivity contribution in [1.29, 1.82) is 0 Å². The standard InChI is InChI=1S/C12H18N2O3S/c1-12(2,18(3,16)17)11(15)14-8-9-6-4-5-7-10(9)13/h4-7H,8,13H2,1-3H3,(H,14,15). The van der Waals surface area contributed by atoms with Gasteiger partial charge in [0.2, 0.25) is 5.91 Å². The summed E-state index contributed by atoms with van der Waals surface area (Å²) in [7, 11) is -3.46.